The van der Waals surface area contributed by atoms with Gasteiger partial charge in [0.2, 0.25) is 0 Å². The number of carbonyl (C=O) groups excluding carboxylic acids is 1. The Kier molecular flexibility index (Phi) is 5.74. The smallest absolute Gasteiger partial charge is 0.320 e. The molecular weight excluding hydrogens is 371 g/mol. The van der Waals surface area contributed by atoms with Crippen LogP contribution in [0.3, 0.4) is 0 Å². The third kappa shape index (κ3) is 4.39. The fourth-order valence-corrected chi connectivity index (χ4v) is 3.96. The van der Waals surface area contributed by atoms with Crippen LogP contribution >= 0.6 is 0 Å². The van der Waals surface area contributed by atoms with Crippen LogP contribution in [0.1, 0.15) is 0 Å². The second-order valence-electron chi connectivity index (χ2n) is 7.41. The molecule has 0 spiro atoms. The highest BCUT2D eigenvalue weighted by Gasteiger charge is 2.28. The normalized spacial score (nSPS) is 17.4. The summed E-state index contributed by atoms with van der Waals surface area (Å²) in [6.45, 7) is 6.02. The van der Waals surface area contributed by atoms with Crippen molar-refractivity contribution in [2.24, 2.45) is 0 Å². The standard InChI is InChI=1S/C22H27FN4O2/c1-29-21-8-6-20(7-9-21)25-12-16-27(17-13-25)22(28)26-14-10-24(11-15-26)19-4-2-18(23)3-5-19/h2-9H,10-17H2,1H3. The van der Waals surface area contributed by atoms with Crippen molar-refractivity contribution < 1.29 is 13.9 Å². The lowest BCUT2D eigenvalue weighted by Crippen LogP contribution is -2.57. The molecule has 2 aromatic carbocycles. The Balaban J connectivity index is 1.27. The predicted molar refractivity (Wildman–Crippen MR) is 112 cm³/mol. The van der Waals surface area contributed by atoms with E-state index in [-0.39, 0.29) is 11.8 Å². The molecule has 0 aromatic heterocycles. The highest BCUT2D eigenvalue weighted by molar-refractivity contribution is 5.75. The Morgan fingerprint density at radius 1 is 0.724 bits per heavy atom. The molecule has 4 rings (SSSR count). The van der Waals surface area contributed by atoms with Gasteiger partial charge in [0.25, 0.3) is 0 Å². The molecule has 0 radical (unpaired) electrons. The number of ether oxygens (including phenoxy) is 1. The van der Waals surface area contributed by atoms with E-state index in [1.165, 1.54) is 12.1 Å². The minimum absolute atomic E-state index is 0.123. The maximum atomic E-state index is 13.1. The second-order valence-corrected chi connectivity index (χ2v) is 7.41. The fraction of sp³-hybridized carbons (Fsp3) is 0.409. The van der Waals surface area contributed by atoms with Gasteiger partial charge in [0.1, 0.15) is 11.6 Å². The molecule has 2 aliphatic heterocycles. The molecule has 2 aromatic rings. The maximum absolute atomic E-state index is 13.1. The van der Waals surface area contributed by atoms with E-state index in [0.29, 0.717) is 13.1 Å². The molecule has 2 heterocycles. The first-order valence-electron chi connectivity index (χ1n) is 10.1. The summed E-state index contributed by atoms with van der Waals surface area (Å²) in [4.78, 5) is 21.3. The van der Waals surface area contributed by atoms with Crippen LogP contribution in [0.15, 0.2) is 48.5 Å². The van der Waals surface area contributed by atoms with Crippen LogP contribution in [0.25, 0.3) is 0 Å². The monoisotopic (exact) mass is 398 g/mol. The van der Waals surface area contributed by atoms with E-state index in [4.69, 9.17) is 4.74 Å². The average molecular weight is 398 g/mol. The number of halogens is 1. The first-order valence-corrected chi connectivity index (χ1v) is 10.1. The van der Waals surface area contributed by atoms with Gasteiger partial charge in [-0.2, -0.15) is 0 Å². The molecule has 2 saturated heterocycles. The molecule has 6 nitrogen and oxygen atoms in total. The molecule has 2 amide bonds. The average Bonchev–Trinajstić information content (AvgIpc) is 2.79. The SMILES string of the molecule is COc1ccc(N2CCN(C(=O)N3CCN(c4ccc(F)cc4)CC3)CC2)cc1. The van der Waals surface area contributed by atoms with Crippen molar-refractivity contribution in [3.8, 4) is 5.75 Å². The minimum Gasteiger partial charge on any atom is -0.497 e. The number of rotatable bonds is 3. The highest BCUT2D eigenvalue weighted by Crippen LogP contribution is 2.21. The number of nitrogens with zero attached hydrogens (tertiary/aromatic N) is 4. The zero-order chi connectivity index (χ0) is 20.2. The van der Waals surface area contributed by atoms with Crippen molar-refractivity contribution in [2.45, 2.75) is 0 Å². The Hall–Kier alpha value is -2.96. The van der Waals surface area contributed by atoms with Crippen molar-refractivity contribution in [3.63, 3.8) is 0 Å². The summed E-state index contributed by atoms with van der Waals surface area (Å²) in [6, 6.07) is 14.7. The third-order valence-electron chi connectivity index (χ3n) is 5.73. The number of hydrogen-bond donors (Lipinski definition) is 0. The second kappa shape index (κ2) is 8.59. The molecule has 0 N–H and O–H groups in total. The van der Waals surface area contributed by atoms with Gasteiger partial charge in [-0.3, -0.25) is 0 Å². The number of methoxy groups -OCH3 is 1. The van der Waals surface area contributed by atoms with Crippen LogP contribution in [-0.4, -0.2) is 75.3 Å². The summed E-state index contributed by atoms with van der Waals surface area (Å²) in [7, 11) is 1.67. The van der Waals surface area contributed by atoms with Crippen molar-refractivity contribution in [1.82, 2.24) is 9.80 Å². The van der Waals surface area contributed by atoms with Crippen molar-refractivity contribution in [1.29, 1.82) is 0 Å². The van der Waals surface area contributed by atoms with Crippen LogP contribution in [0.2, 0.25) is 0 Å². The van der Waals surface area contributed by atoms with Gasteiger partial charge in [-0.25, -0.2) is 9.18 Å². The van der Waals surface area contributed by atoms with Crippen LogP contribution < -0.4 is 14.5 Å². The summed E-state index contributed by atoms with van der Waals surface area (Å²) in [5.41, 5.74) is 2.16. The zero-order valence-electron chi connectivity index (χ0n) is 16.8. The number of amides is 2. The Morgan fingerprint density at radius 3 is 1.55 bits per heavy atom. The quantitative estimate of drug-likeness (QED) is 0.797. The van der Waals surface area contributed by atoms with Gasteiger partial charge in [0.05, 0.1) is 7.11 Å². The molecular formula is C22H27FN4O2. The predicted octanol–water partition coefficient (Wildman–Crippen LogP) is 2.90. The number of hydrogen-bond acceptors (Lipinski definition) is 4. The summed E-state index contributed by atoms with van der Waals surface area (Å²) >= 11 is 0. The molecule has 29 heavy (non-hydrogen) atoms. The fourth-order valence-electron chi connectivity index (χ4n) is 3.96. The lowest BCUT2D eigenvalue weighted by Gasteiger charge is -2.41. The molecule has 0 bridgehead atoms. The Morgan fingerprint density at radius 2 is 1.14 bits per heavy atom. The number of urea groups is 1. The van der Waals surface area contributed by atoms with E-state index in [1.807, 2.05) is 21.9 Å². The lowest BCUT2D eigenvalue weighted by molar-refractivity contribution is 0.147. The van der Waals surface area contributed by atoms with Gasteiger partial charge in [-0.1, -0.05) is 0 Å². The lowest BCUT2D eigenvalue weighted by atomic mass is 10.2. The van der Waals surface area contributed by atoms with Crippen molar-refractivity contribution >= 4 is 17.4 Å². The summed E-state index contributed by atoms with van der Waals surface area (Å²) in [5, 5.41) is 0. The van der Waals surface area contributed by atoms with E-state index in [0.717, 1.165) is 56.4 Å². The summed E-state index contributed by atoms with van der Waals surface area (Å²) in [6.07, 6.45) is 0. The van der Waals surface area contributed by atoms with E-state index < -0.39 is 0 Å². The first-order chi connectivity index (χ1) is 14.1. The first kappa shape index (κ1) is 19.4. The largest absolute Gasteiger partial charge is 0.497 e. The molecule has 154 valence electrons. The molecule has 0 aliphatic carbocycles. The minimum atomic E-state index is -0.226. The number of piperazine rings is 2. The van der Waals surface area contributed by atoms with Crippen molar-refractivity contribution in [2.75, 3.05) is 69.3 Å². The Labute approximate surface area is 171 Å². The topological polar surface area (TPSA) is 39.3 Å². The van der Waals surface area contributed by atoms with E-state index in [2.05, 4.69) is 21.9 Å². The summed E-state index contributed by atoms with van der Waals surface area (Å²) < 4.78 is 18.3. The van der Waals surface area contributed by atoms with Gasteiger partial charge in [-0.05, 0) is 48.5 Å². The Bertz CT molecular complexity index is 812. The molecule has 0 saturated carbocycles. The highest BCUT2D eigenvalue weighted by atomic mass is 19.1. The number of benzene rings is 2. The molecule has 2 fully saturated rings. The van der Waals surface area contributed by atoms with Crippen molar-refractivity contribution in [3.05, 3.63) is 54.3 Å². The van der Waals surface area contributed by atoms with Gasteiger partial charge in [-0.15, -0.1) is 0 Å². The molecule has 2 aliphatic rings. The van der Waals surface area contributed by atoms with E-state index >= 15 is 0 Å². The summed E-state index contributed by atoms with van der Waals surface area (Å²) in [5.74, 6) is 0.624. The van der Waals surface area contributed by atoms with E-state index in [9.17, 15) is 9.18 Å². The molecule has 0 unspecified atom stereocenters. The number of carbonyl (C=O) groups is 1. The molecule has 7 heteroatoms. The van der Waals surface area contributed by atoms with E-state index in [1.54, 1.807) is 19.2 Å². The molecule has 0 atom stereocenters. The van der Waals surface area contributed by atoms with Crippen LogP contribution in [0, 0.1) is 5.82 Å². The zero-order valence-corrected chi connectivity index (χ0v) is 16.8. The van der Waals surface area contributed by atoms with Gasteiger partial charge < -0.3 is 24.3 Å². The van der Waals surface area contributed by atoms with Gasteiger partial charge >= 0.3 is 6.03 Å². The van der Waals surface area contributed by atoms with Crippen LogP contribution in [-0.2, 0) is 0 Å². The number of anilines is 2. The maximum Gasteiger partial charge on any atom is 0.320 e. The van der Waals surface area contributed by atoms with Crippen LogP contribution in [0.4, 0.5) is 20.6 Å². The van der Waals surface area contributed by atoms with Gasteiger partial charge in [0, 0.05) is 63.7 Å². The third-order valence-corrected chi connectivity index (χ3v) is 5.73. The van der Waals surface area contributed by atoms with Crippen LogP contribution in [0.5, 0.6) is 5.75 Å². The van der Waals surface area contributed by atoms with Gasteiger partial charge in [0.15, 0.2) is 0 Å².